The van der Waals surface area contributed by atoms with E-state index in [1.54, 1.807) is 0 Å². The molecule has 0 unspecified atom stereocenters. The molecule has 0 saturated carbocycles. The van der Waals surface area contributed by atoms with Crippen molar-refractivity contribution < 1.29 is 14.3 Å². The van der Waals surface area contributed by atoms with Gasteiger partial charge in [0.05, 0.1) is 13.2 Å². The molecular weight excluding hydrogens is 264 g/mol. The van der Waals surface area contributed by atoms with Gasteiger partial charge in [0, 0.05) is 19.3 Å². The first-order valence-corrected chi connectivity index (χ1v) is 9.04. The summed E-state index contributed by atoms with van der Waals surface area (Å²) in [5, 5.41) is 0. The largest absolute Gasteiger partial charge is 0.348 e. The van der Waals surface area contributed by atoms with Crippen molar-refractivity contribution in [3.63, 3.8) is 0 Å². The summed E-state index contributed by atoms with van der Waals surface area (Å²) in [6.07, 6.45) is 16.2. The van der Waals surface area contributed by atoms with Gasteiger partial charge in [-0.2, -0.15) is 0 Å². The third-order valence-corrected chi connectivity index (χ3v) is 4.35. The van der Waals surface area contributed by atoms with Gasteiger partial charge in [0.2, 0.25) is 0 Å². The van der Waals surface area contributed by atoms with Gasteiger partial charge < -0.3 is 14.3 Å². The Balaban J connectivity index is 2.09. The number of ether oxygens (including phenoxy) is 2. The zero-order valence-electron chi connectivity index (χ0n) is 13.9. The number of aldehydes is 1. The fraction of sp³-hybridized carbons (Fsp3) is 0.944. The molecule has 1 aliphatic heterocycles. The lowest BCUT2D eigenvalue weighted by atomic mass is 9.99. The van der Waals surface area contributed by atoms with Crippen molar-refractivity contribution in [1.29, 1.82) is 0 Å². The Morgan fingerprint density at radius 3 is 1.90 bits per heavy atom. The van der Waals surface area contributed by atoms with Gasteiger partial charge in [0.25, 0.3) is 0 Å². The minimum Gasteiger partial charge on any atom is -0.348 e. The van der Waals surface area contributed by atoms with E-state index in [-0.39, 0.29) is 5.79 Å². The molecule has 0 atom stereocenters. The summed E-state index contributed by atoms with van der Waals surface area (Å²) in [6, 6.07) is 0. The molecule has 3 heteroatoms. The molecule has 0 radical (unpaired) electrons. The maximum absolute atomic E-state index is 10.2. The molecule has 3 nitrogen and oxygen atoms in total. The van der Waals surface area contributed by atoms with E-state index in [1.165, 1.54) is 57.8 Å². The molecule has 0 aromatic carbocycles. The van der Waals surface area contributed by atoms with Crippen LogP contribution >= 0.6 is 0 Å². The quantitative estimate of drug-likeness (QED) is 0.334. The van der Waals surface area contributed by atoms with E-state index in [0.29, 0.717) is 6.42 Å². The minimum atomic E-state index is -0.269. The van der Waals surface area contributed by atoms with Gasteiger partial charge in [0.1, 0.15) is 6.29 Å². The van der Waals surface area contributed by atoms with E-state index in [0.717, 1.165) is 38.8 Å². The molecule has 0 aromatic rings. The average Bonchev–Trinajstić information content (AvgIpc) is 2.95. The number of rotatable bonds is 14. The predicted octanol–water partition coefficient (Wildman–Crippen LogP) is 5.02. The first kappa shape index (κ1) is 18.6. The van der Waals surface area contributed by atoms with Gasteiger partial charge in [-0.1, -0.05) is 51.9 Å². The monoisotopic (exact) mass is 298 g/mol. The van der Waals surface area contributed by atoms with Gasteiger partial charge in [-0.15, -0.1) is 0 Å². The highest BCUT2D eigenvalue weighted by molar-refractivity contribution is 5.48. The van der Waals surface area contributed by atoms with E-state index in [4.69, 9.17) is 9.47 Å². The zero-order valence-corrected chi connectivity index (χ0v) is 13.9. The lowest BCUT2D eigenvalue weighted by Crippen LogP contribution is -2.30. The van der Waals surface area contributed by atoms with Crippen LogP contribution in [0.25, 0.3) is 0 Å². The minimum absolute atomic E-state index is 0.269. The Hall–Kier alpha value is -0.410. The molecule has 124 valence electrons. The molecule has 1 saturated heterocycles. The van der Waals surface area contributed by atoms with Crippen LogP contribution in [0.2, 0.25) is 0 Å². The Bertz CT molecular complexity index is 247. The summed E-state index contributed by atoms with van der Waals surface area (Å²) >= 11 is 0. The second-order valence-corrected chi connectivity index (χ2v) is 6.24. The molecule has 0 spiro atoms. The molecule has 0 aliphatic carbocycles. The topological polar surface area (TPSA) is 35.5 Å². The first-order valence-electron chi connectivity index (χ1n) is 9.04. The lowest BCUT2D eigenvalue weighted by Gasteiger charge is -2.27. The second kappa shape index (κ2) is 12.2. The number of hydrogen-bond acceptors (Lipinski definition) is 3. The molecule has 1 fully saturated rings. The van der Waals surface area contributed by atoms with Crippen LogP contribution in [0.15, 0.2) is 0 Å². The number of unbranched alkanes of at least 4 members (excludes halogenated alkanes) is 9. The van der Waals surface area contributed by atoms with Gasteiger partial charge in [-0.25, -0.2) is 0 Å². The normalized spacial score (nSPS) is 17.2. The Morgan fingerprint density at radius 1 is 0.810 bits per heavy atom. The summed E-state index contributed by atoms with van der Waals surface area (Å²) in [5.74, 6) is -0.269. The summed E-state index contributed by atoms with van der Waals surface area (Å²) in [4.78, 5) is 10.2. The summed E-state index contributed by atoms with van der Waals surface area (Å²) < 4.78 is 11.8. The molecule has 0 amide bonds. The number of carbonyl (C=O) groups is 1. The summed E-state index contributed by atoms with van der Waals surface area (Å²) in [6.45, 7) is 3.77. The highest BCUT2D eigenvalue weighted by atomic mass is 16.7. The highest BCUT2D eigenvalue weighted by Crippen LogP contribution is 2.31. The number of hydrogen-bond donors (Lipinski definition) is 0. The molecule has 21 heavy (non-hydrogen) atoms. The van der Waals surface area contributed by atoms with Crippen LogP contribution in [0, 0.1) is 0 Å². The molecule has 1 aliphatic rings. The van der Waals surface area contributed by atoms with Crippen molar-refractivity contribution in [2.45, 2.75) is 96.2 Å². The fourth-order valence-electron chi connectivity index (χ4n) is 3.06. The van der Waals surface area contributed by atoms with Gasteiger partial charge in [0.15, 0.2) is 5.79 Å². The van der Waals surface area contributed by atoms with Crippen molar-refractivity contribution in [1.82, 2.24) is 0 Å². The molecule has 0 aromatic heterocycles. The smallest absolute Gasteiger partial charge is 0.168 e. The van der Waals surface area contributed by atoms with E-state index in [9.17, 15) is 4.79 Å². The first-order chi connectivity index (χ1) is 10.3. The number of carbonyl (C=O) groups excluding carboxylic acids is 1. The summed E-state index contributed by atoms with van der Waals surface area (Å²) in [5.41, 5.74) is 0. The van der Waals surface area contributed by atoms with Crippen LogP contribution in [0.1, 0.15) is 90.4 Å². The van der Waals surface area contributed by atoms with Crippen LogP contribution in [0.4, 0.5) is 0 Å². The average molecular weight is 298 g/mol. The third kappa shape index (κ3) is 8.57. The van der Waals surface area contributed by atoms with Crippen LogP contribution in [-0.2, 0) is 14.3 Å². The van der Waals surface area contributed by atoms with Crippen molar-refractivity contribution >= 4 is 6.29 Å². The maximum Gasteiger partial charge on any atom is 0.168 e. The zero-order chi connectivity index (χ0) is 15.2. The molecule has 0 bridgehead atoms. The Morgan fingerprint density at radius 2 is 1.33 bits per heavy atom. The van der Waals surface area contributed by atoms with E-state index in [2.05, 4.69) is 6.92 Å². The highest BCUT2D eigenvalue weighted by Gasteiger charge is 2.34. The standard InChI is InChI=1S/C18H34O3/c1-2-3-4-7-10-13-18(20-16-17-21-18)14-11-8-5-6-9-12-15-19/h15H,2-14,16-17H2,1H3. The SMILES string of the molecule is CCCCCCCC1(CCCCCCCC=O)OCCO1. The van der Waals surface area contributed by atoms with Crippen LogP contribution in [0.3, 0.4) is 0 Å². The van der Waals surface area contributed by atoms with Crippen molar-refractivity contribution in [3.05, 3.63) is 0 Å². The van der Waals surface area contributed by atoms with Crippen LogP contribution < -0.4 is 0 Å². The Labute approximate surface area is 130 Å². The van der Waals surface area contributed by atoms with Crippen LogP contribution in [0.5, 0.6) is 0 Å². The van der Waals surface area contributed by atoms with Crippen molar-refractivity contribution in [2.24, 2.45) is 0 Å². The molecule has 1 heterocycles. The van der Waals surface area contributed by atoms with E-state index < -0.39 is 0 Å². The fourth-order valence-corrected chi connectivity index (χ4v) is 3.06. The van der Waals surface area contributed by atoms with Gasteiger partial charge >= 0.3 is 0 Å². The predicted molar refractivity (Wildman–Crippen MR) is 86.4 cm³/mol. The second-order valence-electron chi connectivity index (χ2n) is 6.24. The molecule has 0 N–H and O–H groups in total. The van der Waals surface area contributed by atoms with Crippen molar-refractivity contribution in [2.75, 3.05) is 13.2 Å². The maximum atomic E-state index is 10.2. The Kier molecular flexibility index (Phi) is 10.8. The third-order valence-electron chi connectivity index (χ3n) is 4.35. The van der Waals surface area contributed by atoms with Gasteiger partial charge in [-0.05, 0) is 19.3 Å². The van der Waals surface area contributed by atoms with E-state index in [1.807, 2.05) is 0 Å². The van der Waals surface area contributed by atoms with E-state index >= 15 is 0 Å². The molecular formula is C18H34O3. The van der Waals surface area contributed by atoms with Crippen molar-refractivity contribution in [3.8, 4) is 0 Å². The summed E-state index contributed by atoms with van der Waals surface area (Å²) in [7, 11) is 0. The molecule has 1 rings (SSSR count). The lowest BCUT2D eigenvalue weighted by molar-refractivity contribution is -0.168. The van der Waals surface area contributed by atoms with Gasteiger partial charge in [-0.3, -0.25) is 0 Å². The van der Waals surface area contributed by atoms with Crippen LogP contribution in [-0.4, -0.2) is 25.3 Å².